The summed E-state index contributed by atoms with van der Waals surface area (Å²) >= 11 is 0. The van der Waals surface area contributed by atoms with E-state index in [9.17, 15) is 0 Å². The van der Waals surface area contributed by atoms with Crippen LogP contribution in [0.4, 0.5) is 0 Å². The lowest BCUT2D eigenvalue weighted by molar-refractivity contribution is -0.159. The monoisotopic (exact) mass is 332 g/mol. The Labute approximate surface area is 141 Å². The number of likely N-dealkylation sites (N-methyl/N-ethyl adjacent to an activating group) is 1. The molecule has 6 heteroatoms. The van der Waals surface area contributed by atoms with Crippen LogP contribution in [0.1, 0.15) is 31.9 Å². The highest BCUT2D eigenvalue weighted by Crippen LogP contribution is 2.26. The largest absolute Gasteiger partial charge is 0.473 e. The molecule has 0 aliphatic carbocycles. The fourth-order valence-corrected chi connectivity index (χ4v) is 2.47. The number of fused-ring (bicyclic) bond motifs is 1. The van der Waals surface area contributed by atoms with Crippen LogP contribution in [0.5, 0.6) is 0 Å². The fraction of sp³-hybridized carbons (Fsp3) is 0.333. The Bertz CT molecular complexity index is 670. The van der Waals surface area contributed by atoms with Crippen LogP contribution in [0.25, 0.3) is 10.8 Å². The first-order valence-corrected chi connectivity index (χ1v) is 7.85. The Kier molecular flexibility index (Phi) is 7.88. The summed E-state index contributed by atoms with van der Waals surface area (Å²) in [7, 11) is 0. The normalized spacial score (nSPS) is 12.8. The molecule has 0 aliphatic rings. The maximum atomic E-state index is 9.10. The van der Waals surface area contributed by atoms with Gasteiger partial charge in [0.1, 0.15) is 0 Å². The summed E-state index contributed by atoms with van der Waals surface area (Å²) in [4.78, 5) is 18.2. The molecule has 0 bridgehead atoms. The standard InChI is InChI=1S/C16H22N2.C2H2O4/c1-3-15(17)16(18-4-2)14-11-7-9-12-8-5-6-10-13(12)14;3-1(4)2(5)6/h5-11,15-16,18H,3-4,17H2,1-2H3;(H,3,4)(H,5,6). The average Bonchev–Trinajstić information content (AvgIpc) is 2.59. The molecule has 0 radical (unpaired) electrons. The second-order valence-electron chi connectivity index (χ2n) is 5.29. The smallest absolute Gasteiger partial charge is 0.414 e. The Hall–Kier alpha value is -2.44. The number of benzene rings is 2. The van der Waals surface area contributed by atoms with Gasteiger partial charge in [-0.05, 0) is 29.3 Å². The van der Waals surface area contributed by atoms with Crippen molar-refractivity contribution >= 4 is 22.7 Å². The number of carbonyl (C=O) groups is 2. The highest BCUT2D eigenvalue weighted by molar-refractivity contribution is 6.27. The van der Waals surface area contributed by atoms with Crippen LogP contribution in [0.2, 0.25) is 0 Å². The third kappa shape index (κ3) is 5.33. The molecule has 2 unspecified atom stereocenters. The van der Waals surface area contributed by atoms with E-state index < -0.39 is 11.9 Å². The molecule has 0 heterocycles. The average molecular weight is 332 g/mol. The van der Waals surface area contributed by atoms with E-state index in [4.69, 9.17) is 25.5 Å². The zero-order chi connectivity index (χ0) is 18.1. The van der Waals surface area contributed by atoms with Crippen LogP contribution >= 0.6 is 0 Å². The van der Waals surface area contributed by atoms with Crippen LogP contribution in [0.15, 0.2) is 42.5 Å². The van der Waals surface area contributed by atoms with Crippen LogP contribution in [-0.4, -0.2) is 34.7 Å². The summed E-state index contributed by atoms with van der Waals surface area (Å²) in [6.45, 7) is 5.20. The highest BCUT2D eigenvalue weighted by Gasteiger charge is 2.18. The topological polar surface area (TPSA) is 113 Å². The Morgan fingerprint density at radius 3 is 2.17 bits per heavy atom. The molecule has 0 aromatic heterocycles. The van der Waals surface area contributed by atoms with E-state index in [-0.39, 0.29) is 12.1 Å². The maximum absolute atomic E-state index is 9.10. The van der Waals surface area contributed by atoms with Crippen molar-refractivity contribution in [3.8, 4) is 0 Å². The predicted octanol–water partition coefficient (Wildman–Crippen LogP) is 2.38. The Morgan fingerprint density at radius 2 is 1.62 bits per heavy atom. The number of aliphatic carboxylic acids is 2. The molecule has 24 heavy (non-hydrogen) atoms. The molecular weight excluding hydrogens is 308 g/mol. The van der Waals surface area contributed by atoms with Gasteiger partial charge in [-0.1, -0.05) is 56.3 Å². The first-order chi connectivity index (χ1) is 11.4. The lowest BCUT2D eigenvalue weighted by Gasteiger charge is -2.25. The summed E-state index contributed by atoms with van der Waals surface area (Å²) in [6.07, 6.45) is 0.973. The number of nitrogens with two attached hydrogens (primary N) is 1. The number of carboxylic acid groups (broad SMARTS) is 2. The Balaban J connectivity index is 0.000000413. The molecule has 0 fully saturated rings. The summed E-state index contributed by atoms with van der Waals surface area (Å²) < 4.78 is 0. The first-order valence-electron chi connectivity index (χ1n) is 7.85. The molecule has 0 amide bonds. The number of hydrogen-bond acceptors (Lipinski definition) is 4. The highest BCUT2D eigenvalue weighted by atomic mass is 16.4. The minimum atomic E-state index is -1.82. The van der Waals surface area contributed by atoms with E-state index in [1.807, 2.05) is 0 Å². The van der Waals surface area contributed by atoms with Gasteiger partial charge >= 0.3 is 11.9 Å². The van der Waals surface area contributed by atoms with Gasteiger partial charge in [0.05, 0.1) is 0 Å². The van der Waals surface area contributed by atoms with E-state index >= 15 is 0 Å². The number of nitrogens with one attached hydrogen (secondary N) is 1. The van der Waals surface area contributed by atoms with Crippen molar-refractivity contribution in [2.24, 2.45) is 5.73 Å². The van der Waals surface area contributed by atoms with E-state index in [0.717, 1.165) is 13.0 Å². The number of carboxylic acids is 2. The van der Waals surface area contributed by atoms with Gasteiger partial charge in [-0.15, -0.1) is 0 Å². The van der Waals surface area contributed by atoms with Crippen LogP contribution in [0, 0.1) is 0 Å². The molecule has 0 saturated heterocycles. The van der Waals surface area contributed by atoms with E-state index in [2.05, 4.69) is 61.6 Å². The van der Waals surface area contributed by atoms with E-state index in [1.165, 1.54) is 16.3 Å². The minimum Gasteiger partial charge on any atom is -0.473 e. The zero-order valence-electron chi connectivity index (χ0n) is 13.9. The Morgan fingerprint density at radius 1 is 1.04 bits per heavy atom. The fourth-order valence-electron chi connectivity index (χ4n) is 2.47. The van der Waals surface area contributed by atoms with Gasteiger partial charge in [-0.3, -0.25) is 0 Å². The molecule has 6 nitrogen and oxygen atoms in total. The van der Waals surface area contributed by atoms with Gasteiger partial charge in [-0.2, -0.15) is 0 Å². The number of hydrogen-bond donors (Lipinski definition) is 4. The second-order valence-corrected chi connectivity index (χ2v) is 5.29. The minimum absolute atomic E-state index is 0.149. The predicted molar refractivity (Wildman–Crippen MR) is 93.9 cm³/mol. The molecule has 2 rings (SSSR count). The first kappa shape index (κ1) is 19.6. The quantitative estimate of drug-likeness (QED) is 0.625. The summed E-state index contributed by atoms with van der Waals surface area (Å²) in [6, 6.07) is 15.3. The third-order valence-electron chi connectivity index (χ3n) is 3.66. The molecule has 2 atom stereocenters. The summed E-state index contributed by atoms with van der Waals surface area (Å²) in [5, 5.41) is 20.9. The van der Waals surface area contributed by atoms with Crippen molar-refractivity contribution in [2.75, 3.05) is 6.54 Å². The van der Waals surface area contributed by atoms with Crippen molar-refractivity contribution in [2.45, 2.75) is 32.4 Å². The van der Waals surface area contributed by atoms with Crippen LogP contribution in [0.3, 0.4) is 0 Å². The van der Waals surface area contributed by atoms with Gasteiger partial charge in [0.15, 0.2) is 0 Å². The van der Waals surface area contributed by atoms with Crippen molar-refractivity contribution in [1.82, 2.24) is 5.32 Å². The molecular formula is C18H24N2O4. The van der Waals surface area contributed by atoms with Crippen LogP contribution in [-0.2, 0) is 9.59 Å². The van der Waals surface area contributed by atoms with E-state index in [1.54, 1.807) is 0 Å². The van der Waals surface area contributed by atoms with Crippen molar-refractivity contribution in [3.05, 3.63) is 48.0 Å². The molecule has 2 aromatic carbocycles. The molecule has 2 aromatic rings. The lowest BCUT2D eigenvalue weighted by Crippen LogP contribution is -2.37. The molecule has 5 N–H and O–H groups in total. The third-order valence-corrected chi connectivity index (χ3v) is 3.66. The number of rotatable bonds is 5. The second kappa shape index (κ2) is 9.64. The van der Waals surface area contributed by atoms with Crippen molar-refractivity contribution in [1.29, 1.82) is 0 Å². The SMILES string of the molecule is CCNC(c1cccc2ccccc12)C(N)CC.O=C(O)C(=O)O. The van der Waals surface area contributed by atoms with Crippen molar-refractivity contribution in [3.63, 3.8) is 0 Å². The van der Waals surface area contributed by atoms with Gasteiger partial charge in [0.25, 0.3) is 0 Å². The van der Waals surface area contributed by atoms with Gasteiger partial charge in [0.2, 0.25) is 0 Å². The lowest BCUT2D eigenvalue weighted by atomic mass is 9.93. The summed E-state index contributed by atoms with van der Waals surface area (Å²) in [5.41, 5.74) is 7.57. The van der Waals surface area contributed by atoms with E-state index in [0.29, 0.717) is 0 Å². The molecule has 0 saturated carbocycles. The van der Waals surface area contributed by atoms with Gasteiger partial charge < -0.3 is 21.3 Å². The van der Waals surface area contributed by atoms with Gasteiger partial charge in [0, 0.05) is 12.1 Å². The summed E-state index contributed by atoms with van der Waals surface area (Å²) in [5.74, 6) is -3.65. The molecule has 130 valence electrons. The molecule has 0 aliphatic heterocycles. The van der Waals surface area contributed by atoms with Crippen LogP contribution < -0.4 is 11.1 Å². The van der Waals surface area contributed by atoms with Crippen molar-refractivity contribution < 1.29 is 19.8 Å². The zero-order valence-corrected chi connectivity index (χ0v) is 13.9. The molecule has 0 spiro atoms. The van der Waals surface area contributed by atoms with Gasteiger partial charge in [-0.25, -0.2) is 9.59 Å². The maximum Gasteiger partial charge on any atom is 0.414 e.